The van der Waals surface area contributed by atoms with E-state index in [1.54, 1.807) is 9.80 Å². The molecule has 0 fully saturated rings. The van der Waals surface area contributed by atoms with Gasteiger partial charge in [-0.3, -0.25) is 9.59 Å². The smallest absolute Gasteiger partial charge is 0.253 e. The van der Waals surface area contributed by atoms with Crippen LogP contribution in [0.15, 0.2) is 48.5 Å². The molecule has 2 heterocycles. The Morgan fingerprint density at radius 3 is 2.68 bits per heavy atom. The molecule has 0 spiro atoms. The number of nitrogens with zero attached hydrogens (tertiary/aromatic N) is 3. The quantitative estimate of drug-likeness (QED) is 0.681. The second-order valence-corrected chi connectivity index (χ2v) is 8.47. The minimum Gasteiger partial charge on any atom is -0.373 e. The van der Waals surface area contributed by atoms with Crippen LogP contribution in [0.25, 0.3) is 10.9 Å². The molecular formula is C25H30N4O2. The van der Waals surface area contributed by atoms with E-state index < -0.39 is 0 Å². The van der Waals surface area contributed by atoms with E-state index >= 15 is 0 Å². The summed E-state index contributed by atoms with van der Waals surface area (Å²) < 4.78 is 2.13. The first-order valence-corrected chi connectivity index (χ1v) is 10.8. The maximum absolute atomic E-state index is 13.2. The number of para-hydroxylation sites is 1. The van der Waals surface area contributed by atoms with Gasteiger partial charge in [-0.05, 0) is 47.7 Å². The number of likely N-dealkylation sites (N-methyl/N-ethyl adjacent to an activating group) is 1. The van der Waals surface area contributed by atoms with E-state index in [1.165, 1.54) is 5.39 Å². The first-order valence-electron chi connectivity index (χ1n) is 10.8. The zero-order valence-electron chi connectivity index (χ0n) is 18.7. The van der Waals surface area contributed by atoms with Crippen LogP contribution in [0.4, 0.5) is 5.69 Å². The second-order valence-electron chi connectivity index (χ2n) is 8.47. The largest absolute Gasteiger partial charge is 0.373 e. The van der Waals surface area contributed by atoms with Gasteiger partial charge in [0.1, 0.15) is 6.04 Å². The minimum atomic E-state index is -0.216. The van der Waals surface area contributed by atoms with Crippen molar-refractivity contribution in [3.63, 3.8) is 0 Å². The predicted molar refractivity (Wildman–Crippen MR) is 124 cm³/mol. The number of aromatic nitrogens is 1. The lowest BCUT2D eigenvalue weighted by molar-refractivity contribution is -0.131. The van der Waals surface area contributed by atoms with Crippen molar-refractivity contribution in [2.24, 2.45) is 7.05 Å². The van der Waals surface area contributed by atoms with Crippen molar-refractivity contribution in [1.82, 2.24) is 14.4 Å². The number of nitrogens with one attached hydrogen (secondary N) is 1. The molecule has 0 unspecified atom stereocenters. The van der Waals surface area contributed by atoms with Gasteiger partial charge in [-0.15, -0.1) is 0 Å². The fraction of sp³-hybridized carbons (Fsp3) is 0.360. The molecule has 31 heavy (non-hydrogen) atoms. The SMILES string of the molecule is CCC[C@H]1Nc2ccc(C(=O)N(C)Cc3cc4ccccc4n3C)cc2CN(C)C1=O. The Labute approximate surface area is 183 Å². The van der Waals surface area contributed by atoms with E-state index in [9.17, 15) is 9.59 Å². The predicted octanol–water partition coefficient (Wildman–Crippen LogP) is 4.00. The normalized spacial score (nSPS) is 16.1. The second kappa shape index (κ2) is 8.46. The van der Waals surface area contributed by atoms with Crippen LogP contribution in [-0.4, -0.2) is 46.3 Å². The number of amides is 2. The summed E-state index contributed by atoms with van der Waals surface area (Å²) in [5.74, 6) is 0.0650. The highest BCUT2D eigenvalue weighted by molar-refractivity contribution is 5.95. The summed E-state index contributed by atoms with van der Waals surface area (Å²) >= 11 is 0. The molecule has 2 aromatic carbocycles. The van der Waals surface area contributed by atoms with Crippen molar-refractivity contribution in [3.05, 3.63) is 65.4 Å². The Kier molecular flexibility index (Phi) is 5.72. The third-order valence-electron chi connectivity index (χ3n) is 6.14. The van der Waals surface area contributed by atoms with Gasteiger partial charge in [0.25, 0.3) is 5.91 Å². The molecular weight excluding hydrogens is 388 g/mol. The molecule has 6 nitrogen and oxygen atoms in total. The van der Waals surface area contributed by atoms with Gasteiger partial charge in [-0.25, -0.2) is 0 Å². The molecule has 1 aromatic heterocycles. The van der Waals surface area contributed by atoms with E-state index in [1.807, 2.05) is 51.5 Å². The summed E-state index contributed by atoms with van der Waals surface area (Å²) in [5.41, 5.74) is 4.78. The van der Waals surface area contributed by atoms with Gasteiger partial charge >= 0.3 is 0 Å². The lowest BCUT2D eigenvalue weighted by Gasteiger charge is -2.19. The van der Waals surface area contributed by atoms with Crippen molar-refractivity contribution < 1.29 is 9.59 Å². The van der Waals surface area contributed by atoms with Crippen molar-refractivity contribution in [2.75, 3.05) is 19.4 Å². The Bertz CT molecular complexity index is 1130. The number of hydrogen-bond donors (Lipinski definition) is 1. The van der Waals surface area contributed by atoms with E-state index in [2.05, 4.69) is 35.0 Å². The number of carbonyl (C=O) groups excluding carboxylic acids is 2. The van der Waals surface area contributed by atoms with Gasteiger partial charge < -0.3 is 19.7 Å². The molecule has 6 heteroatoms. The maximum Gasteiger partial charge on any atom is 0.253 e. The molecule has 0 radical (unpaired) electrons. The van der Waals surface area contributed by atoms with Crippen molar-refractivity contribution in [1.29, 1.82) is 0 Å². The van der Waals surface area contributed by atoms with Crippen LogP contribution in [0.3, 0.4) is 0 Å². The molecule has 0 saturated heterocycles. The summed E-state index contributed by atoms with van der Waals surface area (Å²) in [6, 6.07) is 15.8. The van der Waals surface area contributed by atoms with Gasteiger partial charge in [0.05, 0.1) is 6.54 Å². The number of aryl methyl sites for hydroxylation is 1. The van der Waals surface area contributed by atoms with Crippen LogP contribution < -0.4 is 5.32 Å². The number of hydrogen-bond acceptors (Lipinski definition) is 3. The van der Waals surface area contributed by atoms with Crippen LogP contribution in [-0.2, 0) is 24.9 Å². The highest BCUT2D eigenvalue weighted by Crippen LogP contribution is 2.26. The summed E-state index contributed by atoms with van der Waals surface area (Å²) in [6.45, 7) is 3.10. The minimum absolute atomic E-state index is 0.0311. The van der Waals surface area contributed by atoms with Gasteiger partial charge in [0.15, 0.2) is 0 Å². The molecule has 0 saturated carbocycles. The van der Waals surface area contributed by atoms with Crippen LogP contribution in [0.1, 0.15) is 41.4 Å². The lowest BCUT2D eigenvalue weighted by atomic mass is 10.1. The van der Waals surface area contributed by atoms with Gasteiger partial charge in [-0.2, -0.15) is 0 Å². The Morgan fingerprint density at radius 1 is 1.16 bits per heavy atom. The van der Waals surface area contributed by atoms with Crippen LogP contribution in [0.5, 0.6) is 0 Å². The third-order valence-corrected chi connectivity index (χ3v) is 6.14. The van der Waals surface area contributed by atoms with E-state index in [0.717, 1.165) is 35.3 Å². The third kappa shape index (κ3) is 4.02. The topological polar surface area (TPSA) is 57.6 Å². The fourth-order valence-corrected chi connectivity index (χ4v) is 4.36. The number of carbonyl (C=O) groups is 2. The fourth-order valence-electron chi connectivity index (χ4n) is 4.36. The van der Waals surface area contributed by atoms with Gasteiger partial charge in [0.2, 0.25) is 5.91 Å². The average molecular weight is 419 g/mol. The highest BCUT2D eigenvalue weighted by atomic mass is 16.2. The highest BCUT2D eigenvalue weighted by Gasteiger charge is 2.27. The summed E-state index contributed by atoms with van der Waals surface area (Å²) in [4.78, 5) is 29.3. The molecule has 1 aliphatic heterocycles. The number of anilines is 1. The molecule has 4 rings (SSSR count). The summed E-state index contributed by atoms with van der Waals surface area (Å²) in [7, 11) is 5.68. The van der Waals surface area contributed by atoms with Gasteiger partial charge in [0, 0.05) is 50.1 Å². The lowest BCUT2D eigenvalue weighted by Crippen LogP contribution is -2.38. The van der Waals surface area contributed by atoms with Crippen LogP contribution in [0.2, 0.25) is 0 Å². The van der Waals surface area contributed by atoms with Crippen molar-refractivity contribution in [3.8, 4) is 0 Å². The molecule has 1 aliphatic rings. The standard InChI is InChI=1S/C25H30N4O2/c1-5-8-22-25(31)27(2)15-19-13-18(11-12-21(19)26-22)24(30)28(3)16-20-14-17-9-6-7-10-23(17)29(20)4/h6-7,9-14,22,26H,5,8,15-16H2,1-4H3/t22-/m1/s1. The van der Waals surface area contributed by atoms with Crippen molar-refractivity contribution in [2.45, 2.75) is 38.9 Å². The molecule has 1 atom stereocenters. The van der Waals surface area contributed by atoms with E-state index in [0.29, 0.717) is 18.7 Å². The molecule has 0 aliphatic carbocycles. The zero-order valence-corrected chi connectivity index (χ0v) is 18.7. The molecule has 1 N–H and O–H groups in total. The average Bonchev–Trinajstić information content (AvgIpc) is 3.02. The van der Waals surface area contributed by atoms with Crippen molar-refractivity contribution >= 4 is 28.4 Å². The van der Waals surface area contributed by atoms with Gasteiger partial charge in [-0.1, -0.05) is 31.5 Å². The zero-order chi connectivity index (χ0) is 22.1. The molecule has 0 bridgehead atoms. The maximum atomic E-state index is 13.2. The number of fused-ring (bicyclic) bond motifs is 2. The first-order chi connectivity index (χ1) is 14.9. The summed E-state index contributed by atoms with van der Waals surface area (Å²) in [6.07, 6.45) is 1.72. The molecule has 162 valence electrons. The van der Waals surface area contributed by atoms with Crippen LogP contribution in [0, 0.1) is 0 Å². The first kappa shape index (κ1) is 21.0. The number of benzene rings is 2. The van der Waals surface area contributed by atoms with E-state index in [4.69, 9.17) is 0 Å². The molecule has 3 aromatic rings. The molecule has 2 amide bonds. The Hall–Kier alpha value is -3.28. The Morgan fingerprint density at radius 2 is 1.94 bits per heavy atom. The monoisotopic (exact) mass is 418 g/mol. The number of rotatable bonds is 5. The summed E-state index contributed by atoms with van der Waals surface area (Å²) in [5, 5.41) is 4.55. The van der Waals surface area contributed by atoms with Crippen LogP contribution >= 0.6 is 0 Å². The Balaban J connectivity index is 1.55. The van der Waals surface area contributed by atoms with E-state index in [-0.39, 0.29) is 17.9 Å².